The van der Waals surface area contributed by atoms with Crippen LogP contribution in [0.3, 0.4) is 0 Å². The number of urea groups is 1. The van der Waals surface area contributed by atoms with Crippen LogP contribution in [0, 0.1) is 6.92 Å². The fraction of sp³-hybridized carbons (Fsp3) is 0.370. The van der Waals surface area contributed by atoms with Crippen LogP contribution in [0.15, 0.2) is 42.0 Å². The van der Waals surface area contributed by atoms with Crippen molar-refractivity contribution in [2.75, 3.05) is 9.80 Å². The topological polar surface area (TPSA) is 69.7 Å². The van der Waals surface area contributed by atoms with Crippen molar-refractivity contribution in [3.8, 4) is 0 Å². The van der Waals surface area contributed by atoms with Gasteiger partial charge in [-0.1, -0.05) is 24.6 Å². The number of hydrogen-bond acceptors (Lipinski definition) is 4. The van der Waals surface area contributed by atoms with Crippen LogP contribution in [0.4, 0.5) is 16.2 Å². The van der Waals surface area contributed by atoms with Gasteiger partial charge in [0, 0.05) is 22.3 Å². The molecule has 1 atom stereocenters. The van der Waals surface area contributed by atoms with Crippen molar-refractivity contribution < 1.29 is 14.4 Å². The van der Waals surface area contributed by atoms with Crippen LogP contribution >= 0.6 is 11.6 Å². The largest absolute Gasteiger partial charge is 0.364 e. The number of amides is 4. The summed E-state index contributed by atoms with van der Waals surface area (Å²) in [7, 11) is 0. The van der Waals surface area contributed by atoms with Crippen molar-refractivity contribution in [1.82, 2.24) is 5.32 Å². The number of barbiturate groups is 1. The highest BCUT2D eigenvalue weighted by atomic mass is 35.5. The Morgan fingerprint density at radius 3 is 2.50 bits per heavy atom. The summed E-state index contributed by atoms with van der Waals surface area (Å²) < 4.78 is 0. The Labute approximate surface area is 205 Å². The lowest BCUT2D eigenvalue weighted by Gasteiger charge is -2.50. The number of aryl methyl sites for hydroxylation is 1. The number of hydrogen-bond donors (Lipinski definition) is 1. The maximum Gasteiger partial charge on any atom is 0.335 e. The monoisotopic (exact) mass is 479 g/mol. The first-order valence-corrected chi connectivity index (χ1v) is 11.9. The summed E-state index contributed by atoms with van der Waals surface area (Å²) in [5.41, 5.74) is 4.35. The number of nitrogens with one attached hydrogen (secondary N) is 1. The molecule has 1 N–H and O–H groups in total. The normalized spacial score (nSPS) is 21.2. The van der Waals surface area contributed by atoms with Crippen LogP contribution in [0.25, 0.3) is 6.08 Å². The maximum absolute atomic E-state index is 13.3. The third kappa shape index (κ3) is 4.11. The Morgan fingerprint density at radius 2 is 1.85 bits per heavy atom. The van der Waals surface area contributed by atoms with Crippen LogP contribution in [0.5, 0.6) is 0 Å². The molecule has 2 aromatic rings. The molecule has 4 amide bonds. The van der Waals surface area contributed by atoms with Gasteiger partial charge in [-0.05, 0) is 100 Å². The minimum absolute atomic E-state index is 0.0179. The first kappa shape index (κ1) is 24.0. The summed E-state index contributed by atoms with van der Waals surface area (Å²) in [5.74, 6) is -1.06. The Bertz CT molecular complexity index is 1230. The van der Waals surface area contributed by atoms with E-state index in [1.54, 1.807) is 24.3 Å². The lowest BCUT2D eigenvalue weighted by Crippen LogP contribution is -2.54. The van der Waals surface area contributed by atoms with Gasteiger partial charge in [0.15, 0.2) is 0 Å². The third-order valence-electron chi connectivity index (χ3n) is 6.65. The summed E-state index contributed by atoms with van der Waals surface area (Å²) >= 11 is 6.05. The van der Waals surface area contributed by atoms with Gasteiger partial charge >= 0.3 is 6.03 Å². The number of carbonyl (C=O) groups excluding carboxylic acids is 3. The van der Waals surface area contributed by atoms with Crippen LogP contribution in [0.2, 0.25) is 5.02 Å². The highest BCUT2D eigenvalue weighted by molar-refractivity contribution is 6.39. The first-order chi connectivity index (χ1) is 15.9. The van der Waals surface area contributed by atoms with E-state index in [0.717, 1.165) is 22.4 Å². The number of fused-ring (bicyclic) bond motifs is 1. The number of rotatable bonds is 3. The lowest BCUT2D eigenvalue weighted by molar-refractivity contribution is -0.122. The van der Waals surface area contributed by atoms with Crippen molar-refractivity contribution in [3.63, 3.8) is 0 Å². The van der Waals surface area contributed by atoms with E-state index in [0.29, 0.717) is 22.7 Å². The van der Waals surface area contributed by atoms with E-state index >= 15 is 0 Å². The standard InChI is InChI=1S/C27H30ClN3O3/c1-15(2)31-23-10-16(3)18(11-21(23)17(4)14-27(31,5)6)12-22-24(32)29-26(34)30(25(22)33)20-9-7-8-19(28)13-20/h7-13,15,17H,14H2,1-6H3,(H,29,32,34)/b22-12+/t17-/m0/s1. The van der Waals surface area contributed by atoms with Crippen molar-refractivity contribution in [2.24, 2.45) is 0 Å². The van der Waals surface area contributed by atoms with E-state index in [2.05, 4.69) is 57.0 Å². The molecule has 0 saturated carbocycles. The minimum Gasteiger partial charge on any atom is -0.364 e. The zero-order valence-electron chi connectivity index (χ0n) is 20.4. The number of halogens is 1. The summed E-state index contributed by atoms with van der Waals surface area (Å²) in [5, 5.41) is 2.67. The van der Waals surface area contributed by atoms with Gasteiger partial charge in [0.25, 0.3) is 11.8 Å². The van der Waals surface area contributed by atoms with Crippen LogP contribution in [-0.2, 0) is 9.59 Å². The molecule has 34 heavy (non-hydrogen) atoms. The molecule has 0 aromatic heterocycles. The molecule has 2 aromatic carbocycles. The second-order valence-electron chi connectivity index (χ2n) is 10.1. The van der Waals surface area contributed by atoms with Gasteiger partial charge in [-0.25, -0.2) is 9.69 Å². The molecular weight excluding hydrogens is 450 g/mol. The number of anilines is 2. The van der Waals surface area contributed by atoms with Gasteiger partial charge in [-0.2, -0.15) is 0 Å². The van der Waals surface area contributed by atoms with Crippen molar-refractivity contribution in [1.29, 1.82) is 0 Å². The van der Waals surface area contributed by atoms with E-state index in [9.17, 15) is 14.4 Å². The van der Waals surface area contributed by atoms with Gasteiger partial charge in [-0.15, -0.1) is 0 Å². The number of imide groups is 2. The van der Waals surface area contributed by atoms with E-state index in [1.807, 2.05) is 6.92 Å². The molecule has 6 nitrogen and oxygen atoms in total. The molecule has 0 bridgehead atoms. The van der Waals surface area contributed by atoms with Crippen molar-refractivity contribution in [3.05, 3.63) is 63.7 Å². The molecule has 0 spiro atoms. The number of benzene rings is 2. The molecule has 7 heteroatoms. The molecule has 2 aliphatic rings. The number of nitrogens with zero attached hydrogens (tertiary/aromatic N) is 2. The average molecular weight is 480 g/mol. The zero-order chi connectivity index (χ0) is 24.9. The SMILES string of the molecule is Cc1cc2c(cc1/C=C1\C(=O)NC(=O)N(c3cccc(Cl)c3)C1=O)[C@@H](C)CC(C)(C)N2C(C)C. The van der Waals surface area contributed by atoms with Crippen LogP contribution in [0.1, 0.15) is 63.6 Å². The first-order valence-electron chi connectivity index (χ1n) is 11.5. The molecule has 0 radical (unpaired) electrons. The summed E-state index contributed by atoms with van der Waals surface area (Å²) in [6.07, 6.45) is 2.58. The predicted octanol–water partition coefficient (Wildman–Crippen LogP) is 5.82. The fourth-order valence-electron chi connectivity index (χ4n) is 5.41. The van der Waals surface area contributed by atoms with Crippen molar-refractivity contribution in [2.45, 2.75) is 65.5 Å². The minimum atomic E-state index is -0.792. The highest BCUT2D eigenvalue weighted by Crippen LogP contribution is 2.45. The van der Waals surface area contributed by atoms with Gasteiger partial charge in [0.2, 0.25) is 0 Å². The van der Waals surface area contributed by atoms with E-state index in [4.69, 9.17) is 11.6 Å². The van der Waals surface area contributed by atoms with Crippen LogP contribution < -0.4 is 15.1 Å². The summed E-state index contributed by atoms with van der Waals surface area (Å²) in [6, 6.07) is 10.2. The molecule has 2 heterocycles. The zero-order valence-corrected chi connectivity index (χ0v) is 21.2. The predicted molar refractivity (Wildman–Crippen MR) is 136 cm³/mol. The molecule has 2 aliphatic heterocycles. The van der Waals surface area contributed by atoms with E-state index < -0.39 is 17.8 Å². The Balaban J connectivity index is 1.79. The summed E-state index contributed by atoms with van der Waals surface area (Å²) in [4.78, 5) is 41.8. The average Bonchev–Trinajstić information content (AvgIpc) is 2.70. The molecular formula is C27H30ClN3O3. The second-order valence-corrected chi connectivity index (χ2v) is 10.5. The van der Waals surface area contributed by atoms with Gasteiger partial charge in [0.1, 0.15) is 5.57 Å². The molecule has 1 fully saturated rings. The lowest BCUT2D eigenvalue weighted by atomic mass is 9.78. The van der Waals surface area contributed by atoms with Gasteiger partial charge in [0.05, 0.1) is 5.69 Å². The van der Waals surface area contributed by atoms with Crippen LogP contribution in [-0.4, -0.2) is 29.4 Å². The molecule has 0 unspecified atom stereocenters. The van der Waals surface area contributed by atoms with Gasteiger partial charge < -0.3 is 4.90 Å². The Hall–Kier alpha value is -3.12. The smallest absolute Gasteiger partial charge is 0.335 e. The molecule has 1 saturated heterocycles. The number of carbonyl (C=O) groups is 3. The highest BCUT2D eigenvalue weighted by Gasteiger charge is 2.39. The Morgan fingerprint density at radius 1 is 1.15 bits per heavy atom. The molecule has 0 aliphatic carbocycles. The van der Waals surface area contributed by atoms with E-state index in [1.165, 1.54) is 17.3 Å². The van der Waals surface area contributed by atoms with Gasteiger partial charge in [-0.3, -0.25) is 14.9 Å². The summed E-state index contributed by atoms with van der Waals surface area (Å²) in [6.45, 7) is 13.1. The van der Waals surface area contributed by atoms with E-state index in [-0.39, 0.29) is 11.1 Å². The molecule has 178 valence electrons. The Kier molecular flexibility index (Phi) is 6.06. The van der Waals surface area contributed by atoms with Crippen molar-refractivity contribution >= 4 is 46.9 Å². The second kappa shape index (κ2) is 8.58. The third-order valence-corrected chi connectivity index (χ3v) is 6.88. The fourth-order valence-corrected chi connectivity index (χ4v) is 5.59. The quantitative estimate of drug-likeness (QED) is 0.445. The maximum atomic E-state index is 13.3. The molecule has 4 rings (SSSR count).